The monoisotopic (exact) mass is 239 g/mol. The molecule has 1 nitrogen and oxygen atoms in total. The van der Waals surface area contributed by atoms with E-state index < -0.39 is 4.33 Å². The van der Waals surface area contributed by atoms with Crippen LogP contribution in [0.5, 0.6) is 0 Å². The first-order chi connectivity index (χ1) is 5.68. The first-order valence-corrected chi connectivity index (χ1v) is 6.21. The van der Waals surface area contributed by atoms with Crippen LogP contribution < -0.4 is 0 Å². The molecule has 66 valence electrons. The highest BCUT2D eigenvalue weighted by molar-refractivity contribution is 8.01. The van der Waals surface area contributed by atoms with Crippen molar-refractivity contribution in [2.45, 2.75) is 15.1 Å². The number of hydrogen-bond donors (Lipinski definition) is 0. The summed E-state index contributed by atoms with van der Waals surface area (Å²) in [5, 5.41) is 1.98. The van der Waals surface area contributed by atoms with Crippen LogP contribution in [0, 0.1) is 5.92 Å². The fourth-order valence-electron chi connectivity index (χ4n) is 0.904. The summed E-state index contributed by atoms with van der Waals surface area (Å²) in [7, 11) is 0. The van der Waals surface area contributed by atoms with Crippen LogP contribution in [0.15, 0.2) is 15.9 Å². The number of thiazole rings is 1. The summed E-state index contributed by atoms with van der Waals surface area (Å²) < 4.78 is 0.663. The smallest absolute Gasteiger partial charge is 0.149 e. The van der Waals surface area contributed by atoms with Crippen LogP contribution in [0.1, 0.15) is 6.42 Å². The highest BCUT2D eigenvalue weighted by atomic mass is 35.5. The summed E-state index contributed by atoms with van der Waals surface area (Å²) in [6, 6.07) is 0. The third-order valence-electron chi connectivity index (χ3n) is 1.77. The van der Waals surface area contributed by atoms with E-state index in [1.165, 1.54) is 0 Å². The van der Waals surface area contributed by atoms with Crippen LogP contribution in [0.25, 0.3) is 0 Å². The summed E-state index contributed by atoms with van der Waals surface area (Å²) in [6.45, 7) is 0. The molecule has 0 aromatic carbocycles. The molecule has 12 heavy (non-hydrogen) atoms. The van der Waals surface area contributed by atoms with E-state index in [-0.39, 0.29) is 0 Å². The summed E-state index contributed by atoms with van der Waals surface area (Å²) in [6.07, 6.45) is 2.74. The van der Waals surface area contributed by atoms with Gasteiger partial charge in [-0.15, -0.1) is 34.5 Å². The zero-order valence-electron chi connectivity index (χ0n) is 6.17. The number of hydrogen-bond acceptors (Lipinski definition) is 3. The van der Waals surface area contributed by atoms with Gasteiger partial charge in [0.15, 0.2) is 0 Å². The molecule has 1 saturated carbocycles. The Morgan fingerprint density at radius 1 is 1.75 bits per heavy atom. The summed E-state index contributed by atoms with van der Waals surface area (Å²) in [5.41, 5.74) is 0. The lowest BCUT2D eigenvalue weighted by Gasteiger charge is -1.96. The molecule has 1 atom stereocenters. The minimum Gasteiger partial charge on any atom is -0.238 e. The second-order valence-corrected chi connectivity index (χ2v) is 6.48. The van der Waals surface area contributed by atoms with Gasteiger partial charge in [0.2, 0.25) is 0 Å². The highest BCUT2D eigenvalue weighted by Gasteiger charge is 2.51. The first-order valence-electron chi connectivity index (χ1n) is 3.58. The van der Waals surface area contributed by atoms with Gasteiger partial charge in [0, 0.05) is 23.2 Å². The molecule has 0 saturated heterocycles. The van der Waals surface area contributed by atoms with Crippen molar-refractivity contribution in [1.29, 1.82) is 0 Å². The summed E-state index contributed by atoms with van der Waals surface area (Å²) in [4.78, 5) is 4.16. The normalized spacial score (nSPS) is 25.7. The molecule has 1 heterocycles. The Morgan fingerprint density at radius 3 is 3.00 bits per heavy atom. The second kappa shape index (κ2) is 3.37. The number of thioether (sulfide) groups is 1. The van der Waals surface area contributed by atoms with Gasteiger partial charge in [-0.05, 0) is 6.42 Å². The number of alkyl halides is 2. The Hall–Kier alpha value is 0.560. The number of nitrogens with zero attached hydrogens (tertiary/aromatic N) is 1. The van der Waals surface area contributed by atoms with Crippen molar-refractivity contribution in [1.82, 2.24) is 4.98 Å². The van der Waals surface area contributed by atoms with Gasteiger partial charge in [-0.2, -0.15) is 0 Å². The van der Waals surface area contributed by atoms with Gasteiger partial charge in [0.05, 0.1) is 0 Å². The molecule has 0 amide bonds. The molecule has 1 aliphatic rings. The minimum atomic E-state index is -0.440. The predicted molar refractivity (Wildman–Crippen MR) is 55.4 cm³/mol. The molecule has 2 rings (SSSR count). The van der Waals surface area contributed by atoms with Gasteiger partial charge in [-0.1, -0.05) is 11.8 Å². The molecule has 0 aliphatic heterocycles. The Balaban J connectivity index is 1.78. The Morgan fingerprint density at radius 2 is 2.50 bits per heavy atom. The predicted octanol–water partition coefficient (Wildman–Crippen LogP) is 3.43. The van der Waals surface area contributed by atoms with Crippen LogP contribution in [0.2, 0.25) is 0 Å². The van der Waals surface area contributed by atoms with Crippen molar-refractivity contribution in [2.24, 2.45) is 5.92 Å². The molecule has 1 aromatic rings. The van der Waals surface area contributed by atoms with Crippen molar-refractivity contribution in [2.75, 3.05) is 5.75 Å². The van der Waals surface area contributed by atoms with E-state index in [0.717, 1.165) is 16.5 Å². The van der Waals surface area contributed by atoms with Crippen LogP contribution in [0.3, 0.4) is 0 Å². The van der Waals surface area contributed by atoms with Crippen molar-refractivity contribution in [3.05, 3.63) is 11.6 Å². The maximum absolute atomic E-state index is 5.88. The number of aromatic nitrogens is 1. The van der Waals surface area contributed by atoms with Gasteiger partial charge in [0.1, 0.15) is 8.67 Å². The van der Waals surface area contributed by atoms with Crippen LogP contribution in [-0.2, 0) is 0 Å². The van der Waals surface area contributed by atoms with Crippen molar-refractivity contribution >= 4 is 46.3 Å². The molecular formula is C7H7Cl2NS2. The summed E-state index contributed by atoms with van der Waals surface area (Å²) in [5.74, 6) is 1.44. The zero-order chi connectivity index (χ0) is 8.60. The molecule has 1 aromatic heterocycles. The Labute approximate surface area is 89.5 Å². The quantitative estimate of drug-likeness (QED) is 0.593. The standard InChI is InChI=1S/C7H7Cl2NS2/c8-7(9)3-5(7)4-12-6-10-1-2-11-6/h1-2,5H,3-4H2. The van der Waals surface area contributed by atoms with E-state index in [0.29, 0.717) is 5.92 Å². The highest BCUT2D eigenvalue weighted by Crippen LogP contribution is 2.54. The average molecular weight is 240 g/mol. The van der Waals surface area contributed by atoms with Crippen molar-refractivity contribution in [3.63, 3.8) is 0 Å². The van der Waals surface area contributed by atoms with Crippen LogP contribution in [0.4, 0.5) is 0 Å². The van der Waals surface area contributed by atoms with E-state index in [1.807, 2.05) is 11.6 Å². The van der Waals surface area contributed by atoms with Gasteiger partial charge < -0.3 is 0 Å². The lowest BCUT2D eigenvalue weighted by atomic mass is 10.5. The van der Waals surface area contributed by atoms with E-state index >= 15 is 0 Å². The lowest BCUT2D eigenvalue weighted by molar-refractivity contribution is 0.978. The Bertz CT molecular complexity index is 260. The maximum Gasteiger partial charge on any atom is 0.149 e. The fourth-order valence-corrected chi connectivity index (χ4v) is 3.50. The molecular weight excluding hydrogens is 233 g/mol. The topological polar surface area (TPSA) is 12.9 Å². The third-order valence-corrected chi connectivity index (χ3v) is 4.83. The molecule has 0 radical (unpaired) electrons. The molecule has 1 fully saturated rings. The molecule has 1 unspecified atom stereocenters. The van der Waals surface area contributed by atoms with Crippen molar-refractivity contribution in [3.8, 4) is 0 Å². The first kappa shape index (κ1) is 9.13. The molecule has 1 aliphatic carbocycles. The van der Waals surface area contributed by atoms with E-state index in [9.17, 15) is 0 Å². The molecule has 0 spiro atoms. The fraction of sp³-hybridized carbons (Fsp3) is 0.571. The van der Waals surface area contributed by atoms with Gasteiger partial charge in [-0.25, -0.2) is 4.98 Å². The van der Waals surface area contributed by atoms with E-state index in [4.69, 9.17) is 23.2 Å². The maximum atomic E-state index is 5.88. The van der Waals surface area contributed by atoms with Gasteiger partial charge >= 0.3 is 0 Å². The third kappa shape index (κ3) is 2.08. The largest absolute Gasteiger partial charge is 0.238 e. The van der Waals surface area contributed by atoms with E-state index in [2.05, 4.69) is 4.98 Å². The van der Waals surface area contributed by atoms with Crippen LogP contribution in [-0.4, -0.2) is 15.1 Å². The SMILES string of the molecule is ClC1(Cl)CC1CSc1nccs1. The zero-order valence-corrected chi connectivity index (χ0v) is 9.31. The minimum absolute atomic E-state index is 0.440. The number of rotatable bonds is 3. The van der Waals surface area contributed by atoms with Gasteiger partial charge in [0.25, 0.3) is 0 Å². The number of halogens is 2. The van der Waals surface area contributed by atoms with E-state index in [1.54, 1.807) is 23.1 Å². The summed E-state index contributed by atoms with van der Waals surface area (Å²) >= 11 is 15.2. The average Bonchev–Trinajstić information content (AvgIpc) is 2.54. The molecule has 0 N–H and O–H groups in total. The molecule has 0 bridgehead atoms. The van der Waals surface area contributed by atoms with Crippen molar-refractivity contribution < 1.29 is 0 Å². The lowest BCUT2D eigenvalue weighted by Crippen LogP contribution is -1.92. The van der Waals surface area contributed by atoms with Gasteiger partial charge in [-0.3, -0.25) is 0 Å². The molecule has 5 heteroatoms. The Kier molecular flexibility index (Phi) is 2.56. The van der Waals surface area contributed by atoms with Crippen LogP contribution >= 0.6 is 46.3 Å². The second-order valence-electron chi connectivity index (χ2n) is 2.77.